The Labute approximate surface area is 164 Å². The Kier molecular flexibility index (Phi) is 6.60. The lowest BCUT2D eigenvalue weighted by Crippen LogP contribution is -2.32. The summed E-state index contributed by atoms with van der Waals surface area (Å²) in [5.41, 5.74) is 2.66. The van der Waals surface area contributed by atoms with E-state index < -0.39 is 0 Å². The molecule has 0 saturated carbocycles. The van der Waals surface area contributed by atoms with Crippen LogP contribution in [0.4, 0.5) is 0 Å². The number of nitrogens with zero attached hydrogens (tertiary/aromatic N) is 2. The third kappa shape index (κ3) is 5.17. The molecule has 0 N–H and O–H groups in total. The number of benzene rings is 2. The molecule has 0 aliphatic carbocycles. The van der Waals surface area contributed by atoms with Gasteiger partial charge < -0.3 is 9.64 Å². The Morgan fingerprint density at radius 2 is 1.85 bits per heavy atom. The summed E-state index contributed by atoms with van der Waals surface area (Å²) in [6.07, 6.45) is 0.908. The van der Waals surface area contributed by atoms with E-state index in [1.165, 1.54) is 0 Å². The molecular formula is C22H24N2O2S. The highest BCUT2D eigenvalue weighted by molar-refractivity contribution is 7.09. The lowest BCUT2D eigenvalue weighted by Gasteiger charge is -2.22. The minimum absolute atomic E-state index is 0.0602. The second-order valence-electron chi connectivity index (χ2n) is 6.38. The van der Waals surface area contributed by atoms with Gasteiger partial charge in [0, 0.05) is 17.5 Å². The molecule has 0 aliphatic rings. The average molecular weight is 381 g/mol. The van der Waals surface area contributed by atoms with Crippen LogP contribution in [0.5, 0.6) is 5.75 Å². The zero-order valence-corrected chi connectivity index (χ0v) is 16.5. The second-order valence-corrected chi connectivity index (χ2v) is 7.32. The van der Waals surface area contributed by atoms with Crippen molar-refractivity contribution in [3.63, 3.8) is 0 Å². The number of ether oxygens (including phenoxy) is 1. The van der Waals surface area contributed by atoms with Crippen molar-refractivity contribution in [2.75, 3.05) is 6.54 Å². The predicted molar refractivity (Wildman–Crippen MR) is 109 cm³/mol. The molecule has 0 bridgehead atoms. The Balaban J connectivity index is 1.65. The summed E-state index contributed by atoms with van der Waals surface area (Å²) >= 11 is 1.57. The fraction of sp³-hybridized carbons (Fsp3) is 0.273. The monoisotopic (exact) mass is 380 g/mol. The molecule has 1 amide bonds. The summed E-state index contributed by atoms with van der Waals surface area (Å²) in [7, 11) is 0. The topological polar surface area (TPSA) is 42.4 Å². The summed E-state index contributed by atoms with van der Waals surface area (Å²) in [4.78, 5) is 19.5. The van der Waals surface area contributed by atoms with E-state index in [1.807, 2.05) is 71.8 Å². The van der Waals surface area contributed by atoms with Crippen molar-refractivity contribution >= 4 is 17.2 Å². The average Bonchev–Trinajstić information content (AvgIpc) is 3.14. The van der Waals surface area contributed by atoms with Gasteiger partial charge in [-0.25, -0.2) is 4.98 Å². The highest BCUT2D eigenvalue weighted by Gasteiger charge is 2.18. The van der Waals surface area contributed by atoms with Crippen molar-refractivity contribution in [2.45, 2.75) is 33.4 Å². The second kappa shape index (κ2) is 9.33. The Morgan fingerprint density at radius 1 is 1.11 bits per heavy atom. The van der Waals surface area contributed by atoms with E-state index >= 15 is 0 Å². The van der Waals surface area contributed by atoms with Crippen LogP contribution in [0, 0.1) is 6.92 Å². The van der Waals surface area contributed by atoms with E-state index in [0.29, 0.717) is 19.7 Å². The van der Waals surface area contributed by atoms with Crippen LogP contribution in [0.2, 0.25) is 0 Å². The maximum absolute atomic E-state index is 13.0. The van der Waals surface area contributed by atoms with E-state index in [4.69, 9.17) is 4.74 Å². The van der Waals surface area contributed by atoms with Crippen LogP contribution in [0.25, 0.3) is 0 Å². The molecule has 0 aliphatic heterocycles. The molecule has 0 fully saturated rings. The van der Waals surface area contributed by atoms with Crippen molar-refractivity contribution in [2.24, 2.45) is 0 Å². The standard InChI is InChI=1S/C22H24N2O2S/c1-3-13-24(22(25)20-12-8-7-9-17(20)2)14-18-16-27-21(23-18)15-26-19-10-5-4-6-11-19/h4-12,16H,3,13-15H2,1-2H3. The zero-order chi connectivity index (χ0) is 19.1. The molecule has 27 heavy (non-hydrogen) atoms. The molecule has 3 rings (SSSR count). The molecule has 4 nitrogen and oxygen atoms in total. The van der Waals surface area contributed by atoms with Crippen LogP contribution in [-0.4, -0.2) is 22.3 Å². The maximum Gasteiger partial charge on any atom is 0.254 e. The van der Waals surface area contributed by atoms with Gasteiger partial charge in [-0.3, -0.25) is 4.79 Å². The Bertz CT molecular complexity index is 877. The fourth-order valence-electron chi connectivity index (χ4n) is 2.85. The summed E-state index contributed by atoms with van der Waals surface area (Å²) < 4.78 is 5.76. The molecule has 1 aromatic heterocycles. The summed E-state index contributed by atoms with van der Waals surface area (Å²) in [6, 6.07) is 17.4. The van der Waals surface area contributed by atoms with Crippen LogP contribution in [-0.2, 0) is 13.2 Å². The molecule has 0 spiro atoms. The number of thiazole rings is 1. The molecular weight excluding hydrogens is 356 g/mol. The van der Waals surface area contributed by atoms with Crippen LogP contribution >= 0.6 is 11.3 Å². The Morgan fingerprint density at radius 3 is 2.59 bits per heavy atom. The molecule has 0 unspecified atom stereocenters. The highest BCUT2D eigenvalue weighted by Crippen LogP contribution is 2.18. The number of hydrogen-bond acceptors (Lipinski definition) is 4. The molecule has 0 radical (unpaired) electrons. The van der Waals surface area contributed by atoms with Gasteiger partial charge in [0.05, 0.1) is 12.2 Å². The molecule has 0 saturated heterocycles. The van der Waals surface area contributed by atoms with Crippen LogP contribution < -0.4 is 4.74 Å². The number of carbonyl (C=O) groups is 1. The van der Waals surface area contributed by atoms with Crippen molar-refractivity contribution in [3.05, 3.63) is 81.8 Å². The smallest absolute Gasteiger partial charge is 0.254 e. The van der Waals surface area contributed by atoms with Gasteiger partial charge in [-0.1, -0.05) is 43.3 Å². The first kappa shape index (κ1) is 19.1. The molecule has 2 aromatic carbocycles. The molecule has 140 valence electrons. The van der Waals surface area contributed by atoms with Gasteiger partial charge in [-0.2, -0.15) is 0 Å². The number of aromatic nitrogens is 1. The number of amides is 1. The van der Waals surface area contributed by atoms with Crippen molar-refractivity contribution in [3.8, 4) is 5.75 Å². The van der Waals surface area contributed by atoms with Crippen molar-refractivity contribution in [1.82, 2.24) is 9.88 Å². The number of rotatable bonds is 8. The van der Waals surface area contributed by atoms with Gasteiger partial charge in [0.1, 0.15) is 17.4 Å². The first-order valence-electron chi connectivity index (χ1n) is 9.13. The number of hydrogen-bond donors (Lipinski definition) is 0. The maximum atomic E-state index is 13.0. The summed E-state index contributed by atoms with van der Waals surface area (Å²) in [5.74, 6) is 0.890. The van der Waals surface area contributed by atoms with Crippen LogP contribution in [0.3, 0.4) is 0 Å². The Hall–Kier alpha value is -2.66. The largest absolute Gasteiger partial charge is 0.486 e. The summed E-state index contributed by atoms with van der Waals surface area (Å²) in [5, 5.41) is 2.92. The lowest BCUT2D eigenvalue weighted by molar-refractivity contribution is 0.0740. The first-order chi connectivity index (χ1) is 13.2. The molecule has 1 heterocycles. The quantitative estimate of drug-likeness (QED) is 0.547. The van der Waals surface area contributed by atoms with Crippen molar-refractivity contribution in [1.29, 1.82) is 0 Å². The highest BCUT2D eigenvalue weighted by atomic mass is 32.1. The minimum Gasteiger partial charge on any atom is -0.486 e. The number of aryl methyl sites for hydroxylation is 1. The SMILES string of the molecule is CCCN(Cc1csc(COc2ccccc2)n1)C(=O)c1ccccc1C. The van der Waals surface area contributed by atoms with E-state index in [9.17, 15) is 4.79 Å². The van der Waals surface area contributed by atoms with Gasteiger partial charge in [0.25, 0.3) is 5.91 Å². The number of carbonyl (C=O) groups excluding carboxylic acids is 1. The third-order valence-corrected chi connectivity index (χ3v) is 5.09. The van der Waals surface area contributed by atoms with Crippen LogP contribution in [0.15, 0.2) is 60.0 Å². The number of para-hydroxylation sites is 1. The van der Waals surface area contributed by atoms with E-state index in [2.05, 4.69) is 11.9 Å². The van der Waals surface area contributed by atoms with Gasteiger partial charge in [0.15, 0.2) is 0 Å². The molecule has 3 aromatic rings. The van der Waals surface area contributed by atoms with Gasteiger partial charge in [-0.05, 0) is 37.1 Å². The third-order valence-electron chi connectivity index (χ3n) is 4.21. The zero-order valence-electron chi connectivity index (χ0n) is 15.7. The van der Waals surface area contributed by atoms with Gasteiger partial charge >= 0.3 is 0 Å². The van der Waals surface area contributed by atoms with E-state index in [0.717, 1.165) is 34.0 Å². The molecule has 5 heteroatoms. The summed E-state index contributed by atoms with van der Waals surface area (Å²) in [6.45, 7) is 5.72. The van der Waals surface area contributed by atoms with E-state index in [-0.39, 0.29) is 5.91 Å². The van der Waals surface area contributed by atoms with E-state index in [1.54, 1.807) is 11.3 Å². The predicted octanol–water partition coefficient (Wildman–Crippen LogP) is 5.08. The van der Waals surface area contributed by atoms with Gasteiger partial charge in [0.2, 0.25) is 0 Å². The lowest BCUT2D eigenvalue weighted by atomic mass is 10.1. The molecule has 0 atom stereocenters. The van der Waals surface area contributed by atoms with Crippen LogP contribution in [0.1, 0.15) is 40.0 Å². The normalized spacial score (nSPS) is 10.6. The fourth-order valence-corrected chi connectivity index (χ4v) is 3.55. The van der Waals surface area contributed by atoms with Crippen molar-refractivity contribution < 1.29 is 9.53 Å². The minimum atomic E-state index is 0.0602. The first-order valence-corrected chi connectivity index (χ1v) is 10.0. The van der Waals surface area contributed by atoms with Gasteiger partial charge in [-0.15, -0.1) is 11.3 Å².